The first-order valence-corrected chi connectivity index (χ1v) is 8.83. The molecule has 0 saturated carbocycles. The number of ether oxygens (including phenoxy) is 3. The minimum absolute atomic E-state index is 0.000251. The molecule has 0 radical (unpaired) electrons. The predicted octanol–water partition coefficient (Wildman–Crippen LogP) is 3.30. The maximum absolute atomic E-state index is 5.87. The van der Waals surface area contributed by atoms with E-state index in [-0.39, 0.29) is 6.10 Å². The van der Waals surface area contributed by atoms with E-state index in [0.717, 1.165) is 29.4 Å². The Labute approximate surface area is 154 Å². The van der Waals surface area contributed by atoms with E-state index in [1.165, 1.54) is 0 Å². The molecule has 0 bridgehead atoms. The fraction of sp³-hybridized carbons (Fsp3) is 0.350. The van der Waals surface area contributed by atoms with Crippen molar-refractivity contribution in [3.05, 3.63) is 48.5 Å². The number of guanidine groups is 1. The summed E-state index contributed by atoms with van der Waals surface area (Å²) in [7, 11) is 1.74. The number of anilines is 1. The van der Waals surface area contributed by atoms with Crippen LogP contribution in [-0.2, 0) is 0 Å². The van der Waals surface area contributed by atoms with Crippen molar-refractivity contribution in [3.63, 3.8) is 0 Å². The largest absolute Gasteiger partial charge is 0.490 e. The van der Waals surface area contributed by atoms with Crippen LogP contribution in [0.4, 0.5) is 5.69 Å². The molecule has 0 amide bonds. The summed E-state index contributed by atoms with van der Waals surface area (Å²) in [6.07, 6.45) is 0.889. The van der Waals surface area contributed by atoms with Crippen LogP contribution < -0.4 is 24.8 Å². The molecule has 2 N–H and O–H groups in total. The number of nitrogens with one attached hydrogen (secondary N) is 2. The highest BCUT2D eigenvalue weighted by Crippen LogP contribution is 2.32. The van der Waals surface area contributed by atoms with Gasteiger partial charge in [-0.3, -0.25) is 4.99 Å². The van der Waals surface area contributed by atoms with E-state index in [0.29, 0.717) is 25.7 Å². The molecule has 2 aromatic carbocycles. The summed E-state index contributed by atoms with van der Waals surface area (Å²) in [6, 6.07) is 15.6. The van der Waals surface area contributed by atoms with Gasteiger partial charge in [-0.25, -0.2) is 0 Å². The monoisotopic (exact) mass is 355 g/mol. The van der Waals surface area contributed by atoms with Crippen LogP contribution in [0.2, 0.25) is 0 Å². The molecule has 1 aliphatic rings. The number of rotatable bonds is 5. The molecule has 0 aliphatic carbocycles. The molecule has 1 unspecified atom stereocenters. The van der Waals surface area contributed by atoms with E-state index in [2.05, 4.69) is 15.6 Å². The van der Waals surface area contributed by atoms with E-state index in [9.17, 15) is 0 Å². The number of benzene rings is 2. The van der Waals surface area contributed by atoms with Crippen molar-refractivity contribution in [3.8, 4) is 17.2 Å². The second-order valence-corrected chi connectivity index (χ2v) is 6.03. The Morgan fingerprint density at radius 3 is 2.65 bits per heavy atom. The molecule has 0 saturated heterocycles. The molecule has 26 heavy (non-hydrogen) atoms. The highest BCUT2D eigenvalue weighted by atomic mass is 16.5. The first kappa shape index (κ1) is 17.9. The Kier molecular flexibility index (Phi) is 6.19. The molecular weight excluding hydrogens is 330 g/mol. The van der Waals surface area contributed by atoms with Crippen molar-refractivity contribution in [1.29, 1.82) is 0 Å². The molecule has 2 aromatic rings. The van der Waals surface area contributed by atoms with Crippen molar-refractivity contribution in [1.82, 2.24) is 5.32 Å². The number of para-hydroxylation sites is 1. The quantitative estimate of drug-likeness (QED) is 0.636. The van der Waals surface area contributed by atoms with Crippen LogP contribution in [0.25, 0.3) is 0 Å². The van der Waals surface area contributed by atoms with E-state index < -0.39 is 0 Å². The summed E-state index contributed by atoms with van der Waals surface area (Å²) in [6.45, 7) is 3.99. The molecule has 138 valence electrons. The topological polar surface area (TPSA) is 64.1 Å². The fourth-order valence-electron chi connectivity index (χ4n) is 2.57. The molecular formula is C20H25N3O3. The van der Waals surface area contributed by atoms with Gasteiger partial charge in [0, 0.05) is 25.2 Å². The van der Waals surface area contributed by atoms with Gasteiger partial charge >= 0.3 is 0 Å². The van der Waals surface area contributed by atoms with Crippen LogP contribution in [0.15, 0.2) is 53.5 Å². The third kappa shape index (κ3) is 5.05. The average molecular weight is 355 g/mol. The number of nitrogens with zero attached hydrogens (tertiary/aromatic N) is 1. The Morgan fingerprint density at radius 1 is 1.12 bits per heavy atom. The van der Waals surface area contributed by atoms with Crippen molar-refractivity contribution >= 4 is 11.6 Å². The summed E-state index contributed by atoms with van der Waals surface area (Å²) < 4.78 is 17.2. The molecule has 1 atom stereocenters. The maximum atomic E-state index is 5.87. The molecule has 6 nitrogen and oxygen atoms in total. The zero-order valence-corrected chi connectivity index (χ0v) is 15.2. The molecule has 0 fully saturated rings. The van der Waals surface area contributed by atoms with Crippen LogP contribution in [0, 0.1) is 0 Å². The Balaban J connectivity index is 1.54. The number of fused-ring (bicyclic) bond motifs is 1. The number of hydrogen-bond acceptors (Lipinski definition) is 4. The van der Waals surface area contributed by atoms with Gasteiger partial charge < -0.3 is 24.8 Å². The summed E-state index contributed by atoms with van der Waals surface area (Å²) in [4.78, 5) is 4.26. The summed E-state index contributed by atoms with van der Waals surface area (Å²) in [5.41, 5.74) is 0.888. The molecule has 6 heteroatoms. The lowest BCUT2D eigenvalue weighted by Crippen LogP contribution is -2.37. The van der Waals surface area contributed by atoms with Crippen molar-refractivity contribution < 1.29 is 14.2 Å². The lowest BCUT2D eigenvalue weighted by molar-refractivity contribution is 0.224. The number of hydrogen-bond donors (Lipinski definition) is 2. The third-order valence-corrected chi connectivity index (χ3v) is 3.87. The predicted molar refractivity (Wildman–Crippen MR) is 104 cm³/mol. The second-order valence-electron chi connectivity index (χ2n) is 6.03. The average Bonchev–Trinajstić information content (AvgIpc) is 2.91. The molecule has 1 aliphatic heterocycles. The van der Waals surface area contributed by atoms with Crippen molar-refractivity contribution in [2.75, 3.05) is 32.1 Å². The first-order chi connectivity index (χ1) is 12.7. The highest BCUT2D eigenvalue weighted by Gasteiger charge is 2.12. The molecule has 3 rings (SSSR count). The first-order valence-electron chi connectivity index (χ1n) is 8.83. The van der Waals surface area contributed by atoms with Crippen molar-refractivity contribution in [2.24, 2.45) is 4.99 Å². The van der Waals surface area contributed by atoms with E-state index in [1.54, 1.807) is 7.05 Å². The van der Waals surface area contributed by atoms with Gasteiger partial charge in [0.2, 0.25) is 0 Å². The fourth-order valence-corrected chi connectivity index (χ4v) is 2.57. The van der Waals surface area contributed by atoms with Gasteiger partial charge in [-0.2, -0.15) is 0 Å². The summed E-state index contributed by atoms with van der Waals surface area (Å²) >= 11 is 0. The normalized spacial score (nSPS) is 14.9. The molecule has 1 heterocycles. The van der Waals surface area contributed by atoms with Gasteiger partial charge in [-0.15, -0.1) is 0 Å². The van der Waals surface area contributed by atoms with E-state index >= 15 is 0 Å². The smallest absolute Gasteiger partial charge is 0.195 e. The van der Waals surface area contributed by atoms with Crippen LogP contribution in [0.1, 0.15) is 13.3 Å². The third-order valence-electron chi connectivity index (χ3n) is 3.87. The van der Waals surface area contributed by atoms with Gasteiger partial charge in [0.1, 0.15) is 11.9 Å². The Bertz CT molecular complexity index is 734. The van der Waals surface area contributed by atoms with Crippen LogP contribution in [-0.4, -0.2) is 38.9 Å². The highest BCUT2D eigenvalue weighted by molar-refractivity contribution is 5.93. The lowest BCUT2D eigenvalue weighted by atomic mass is 10.2. The Morgan fingerprint density at radius 2 is 1.88 bits per heavy atom. The number of aliphatic imine (C=N–C) groups is 1. The van der Waals surface area contributed by atoms with E-state index in [1.807, 2.05) is 55.5 Å². The van der Waals surface area contributed by atoms with Crippen LogP contribution in [0.5, 0.6) is 17.2 Å². The second kappa shape index (κ2) is 8.99. The summed E-state index contributed by atoms with van der Waals surface area (Å²) in [5.74, 6) is 3.06. The van der Waals surface area contributed by atoms with Gasteiger partial charge in [-0.05, 0) is 31.2 Å². The SMILES string of the molecule is CN=C(NCC(C)Oc1ccccc1)Nc1ccc2c(c1)OCCCO2. The van der Waals surface area contributed by atoms with Gasteiger partial charge in [0.05, 0.1) is 19.8 Å². The Hall–Kier alpha value is -2.89. The lowest BCUT2D eigenvalue weighted by Gasteiger charge is -2.18. The zero-order valence-electron chi connectivity index (χ0n) is 15.2. The maximum Gasteiger partial charge on any atom is 0.195 e. The van der Waals surface area contributed by atoms with Crippen LogP contribution >= 0.6 is 0 Å². The minimum Gasteiger partial charge on any atom is -0.490 e. The van der Waals surface area contributed by atoms with Crippen LogP contribution in [0.3, 0.4) is 0 Å². The van der Waals surface area contributed by atoms with Gasteiger partial charge in [0.15, 0.2) is 17.5 Å². The molecule has 0 spiro atoms. The van der Waals surface area contributed by atoms with Gasteiger partial charge in [-0.1, -0.05) is 18.2 Å². The molecule has 0 aromatic heterocycles. The van der Waals surface area contributed by atoms with E-state index in [4.69, 9.17) is 14.2 Å². The van der Waals surface area contributed by atoms with Gasteiger partial charge in [0.25, 0.3) is 0 Å². The minimum atomic E-state index is -0.000251. The van der Waals surface area contributed by atoms with Crippen molar-refractivity contribution in [2.45, 2.75) is 19.4 Å². The summed E-state index contributed by atoms with van der Waals surface area (Å²) in [5, 5.41) is 6.54. The standard InChI is InChI=1S/C20H25N3O3/c1-15(26-17-7-4-3-5-8-17)14-22-20(21-2)23-16-9-10-18-19(13-16)25-12-6-11-24-18/h3-5,7-10,13,15H,6,11-12,14H2,1-2H3,(H2,21,22,23). The zero-order chi connectivity index (χ0) is 18.2.